The molecule has 2 aliphatic rings. The number of hydrogen-bond acceptors (Lipinski definition) is 6. The number of ether oxygens (including phenoxy) is 3. The molecule has 0 radical (unpaired) electrons. The lowest BCUT2D eigenvalue weighted by atomic mass is 9.78. The van der Waals surface area contributed by atoms with Gasteiger partial charge >= 0.3 is 17.9 Å². The third kappa shape index (κ3) is 4.46. The zero-order chi connectivity index (χ0) is 19.0. The third-order valence-electron chi connectivity index (χ3n) is 4.91. The largest absolute Gasteiger partial charge is 0.459 e. The van der Waals surface area contributed by atoms with Gasteiger partial charge in [0, 0.05) is 19.8 Å². The van der Waals surface area contributed by atoms with E-state index in [4.69, 9.17) is 9.47 Å². The van der Waals surface area contributed by atoms with Crippen LogP contribution in [0.1, 0.15) is 47.0 Å². The predicted molar refractivity (Wildman–Crippen MR) is 81.6 cm³/mol. The minimum atomic E-state index is -3.15. The number of halogens is 2. The Hall–Kier alpha value is -1.73. The first kappa shape index (κ1) is 19.6. The van der Waals surface area contributed by atoms with E-state index in [1.54, 1.807) is 13.8 Å². The number of rotatable bonds is 6. The molecule has 1 saturated carbocycles. The summed E-state index contributed by atoms with van der Waals surface area (Å²) in [5.74, 6) is -6.76. The minimum absolute atomic E-state index is 0.0285. The molecule has 4 unspecified atom stereocenters. The monoisotopic (exact) mass is 362 g/mol. The van der Waals surface area contributed by atoms with Gasteiger partial charge in [-0.25, -0.2) is 8.78 Å². The summed E-state index contributed by atoms with van der Waals surface area (Å²) >= 11 is 0. The predicted octanol–water partition coefficient (Wildman–Crippen LogP) is 2.48. The van der Waals surface area contributed by atoms with Crippen molar-refractivity contribution in [3.05, 3.63) is 0 Å². The van der Waals surface area contributed by atoms with E-state index in [9.17, 15) is 23.2 Å². The number of carbonyl (C=O) groups is 3. The highest BCUT2D eigenvalue weighted by Crippen LogP contribution is 2.41. The van der Waals surface area contributed by atoms with Crippen molar-refractivity contribution < 1.29 is 37.4 Å². The number of esters is 3. The van der Waals surface area contributed by atoms with Gasteiger partial charge in [0.05, 0.1) is 17.3 Å². The van der Waals surface area contributed by atoms with E-state index < -0.39 is 59.9 Å². The van der Waals surface area contributed by atoms with E-state index in [1.807, 2.05) is 6.92 Å². The molecule has 2 rings (SSSR count). The minimum Gasteiger partial charge on any atom is -0.459 e. The Morgan fingerprint density at radius 1 is 1.24 bits per heavy atom. The van der Waals surface area contributed by atoms with Gasteiger partial charge < -0.3 is 14.2 Å². The van der Waals surface area contributed by atoms with Gasteiger partial charge in [-0.3, -0.25) is 14.4 Å². The molecule has 25 heavy (non-hydrogen) atoms. The first-order chi connectivity index (χ1) is 11.4. The second-order valence-corrected chi connectivity index (χ2v) is 7.52. The lowest BCUT2D eigenvalue weighted by Crippen LogP contribution is -2.43. The summed E-state index contributed by atoms with van der Waals surface area (Å²) in [7, 11) is 0. The topological polar surface area (TPSA) is 78.9 Å². The molecule has 0 aromatic rings. The second kappa shape index (κ2) is 6.88. The van der Waals surface area contributed by atoms with Crippen molar-refractivity contribution >= 4 is 17.9 Å². The van der Waals surface area contributed by atoms with Crippen LogP contribution < -0.4 is 0 Å². The van der Waals surface area contributed by atoms with Crippen LogP contribution in [0.25, 0.3) is 0 Å². The van der Waals surface area contributed by atoms with E-state index in [1.165, 1.54) is 0 Å². The SMILES string of the molecule is CCC(C)(C)C(=O)OC1CC(C(=O)OCC(C)(F)F)C2CC1OC2=O. The van der Waals surface area contributed by atoms with Crippen molar-refractivity contribution in [2.24, 2.45) is 17.3 Å². The molecule has 6 nitrogen and oxygen atoms in total. The van der Waals surface area contributed by atoms with Crippen molar-refractivity contribution in [3.63, 3.8) is 0 Å². The van der Waals surface area contributed by atoms with Crippen molar-refractivity contribution in [1.82, 2.24) is 0 Å². The molecule has 0 aromatic carbocycles. The molecule has 0 spiro atoms. The number of carbonyl (C=O) groups excluding carboxylic acids is 3. The zero-order valence-corrected chi connectivity index (χ0v) is 14.8. The number of alkyl halides is 2. The Morgan fingerprint density at radius 2 is 1.88 bits per heavy atom. The van der Waals surface area contributed by atoms with Gasteiger partial charge in [-0.15, -0.1) is 0 Å². The Balaban J connectivity index is 2.08. The van der Waals surface area contributed by atoms with E-state index in [-0.39, 0.29) is 12.8 Å². The molecule has 0 aromatic heterocycles. The Kier molecular flexibility index (Phi) is 5.39. The Morgan fingerprint density at radius 3 is 2.44 bits per heavy atom. The number of fused-ring (bicyclic) bond motifs is 2. The normalized spacial score (nSPS) is 29.1. The summed E-state index contributed by atoms with van der Waals surface area (Å²) < 4.78 is 41.1. The van der Waals surface area contributed by atoms with E-state index in [0.29, 0.717) is 13.3 Å². The van der Waals surface area contributed by atoms with Crippen LogP contribution in [0, 0.1) is 17.3 Å². The first-order valence-electron chi connectivity index (χ1n) is 8.40. The lowest BCUT2D eigenvalue weighted by Gasteiger charge is -2.32. The standard InChI is InChI=1S/C17H24F2O6/c1-5-16(2,3)15(22)25-12-6-9(10-7-11(12)24-14(10)21)13(20)23-8-17(4,18)19/h9-12H,5-8H2,1-4H3. The van der Waals surface area contributed by atoms with E-state index >= 15 is 0 Å². The molecular weight excluding hydrogens is 338 g/mol. The summed E-state index contributed by atoms with van der Waals surface area (Å²) in [5, 5.41) is 0. The number of hydrogen-bond donors (Lipinski definition) is 0. The van der Waals surface area contributed by atoms with Gasteiger partial charge in [-0.1, -0.05) is 6.92 Å². The summed E-state index contributed by atoms with van der Waals surface area (Å²) in [4.78, 5) is 36.4. The summed E-state index contributed by atoms with van der Waals surface area (Å²) in [5.41, 5.74) is -0.709. The quantitative estimate of drug-likeness (QED) is 0.534. The van der Waals surface area contributed by atoms with Gasteiger partial charge in [0.1, 0.15) is 12.2 Å². The average molecular weight is 362 g/mol. The molecule has 2 bridgehead atoms. The fourth-order valence-corrected chi connectivity index (χ4v) is 2.88. The molecule has 4 atom stereocenters. The van der Waals surface area contributed by atoms with Crippen molar-refractivity contribution in [2.45, 2.75) is 65.1 Å². The highest BCUT2D eigenvalue weighted by atomic mass is 19.3. The maximum atomic E-state index is 12.9. The van der Waals surface area contributed by atoms with Gasteiger partial charge in [0.15, 0.2) is 6.61 Å². The van der Waals surface area contributed by atoms with Gasteiger partial charge in [0.2, 0.25) is 0 Å². The van der Waals surface area contributed by atoms with Crippen LogP contribution in [0.3, 0.4) is 0 Å². The molecule has 1 aliphatic carbocycles. The molecule has 0 N–H and O–H groups in total. The van der Waals surface area contributed by atoms with Crippen LogP contribution in [0.5, 0.6) is 0 Å². The fourth-order valence-electron chi connectivity index (χ4n) is 2.88. The van der Waals surface area contributed by atoms with Crippen molar-refractivity contribution in [2.75, 3.05) is 6.61 Å². The Labute approximate surface area is 145 Å². The van der Waals surface area contributed by atoms with Crippen molar-refractivity contribution in [3.8, 4) is 0 Å². The Bertz CT molecular complexity index is 554. The lowest BCUT2D eigenvalue weighted by molar-refractivity contribution is -0.173. The summed E-state index contributed by atoms with van der Waals surface area (Å²) in [6, 6.07) is 0. The fraction of sp³-hybridized carbons (Fsp3) is 0.824. The second-order valence-electron chi connectivity index (χ2n) is 7.52. The molecule has 2 fully saturated rings. The van der Waals surface area contributed by atoms with Gasteiger partial charge in [-0.2, -0.15) is 0 Å². The van der Waals surface area contributed by atoms with Gasteiger partial charge in [0.25, 0.3) is 5.92 Å². The zero-order valence-electron chi connectivity index (χ0n) is 14.8. The van der Waals surface area contributed by atoms with Gasteiger partial charge in [-0.05, 0) is 20.3 Å². The highest BCUT2D eigenvalue weighted by Gasteiger charge is 2.54. The maximum absolute atomic E-state index is 12.9. The maximum Gasteiger partial charge on any atom is 0.311 e. The summed E-state index contributed by atoms with van der Waals surface area (Å²) in [6.07, 6.45) is -0.582. The molecular formula is C17H24F2O6. The van der Waals surface area contributed by atoms with Crippen molar-refractivity contribution in [1.29, 1.82) is 0 Å². The van der Waals surface area contributed by atoms with E-state index in [2.05, 4.69) is 4.74 Å². The molecule has 8 heteroatoms. The van der Waals surface area contributed by atoms with Crippen LogP contribution in [0.4, 0.5) is 8.78 Å². The highest BCUT2D eigenvalue weighted by molar-refractivity contribution is 5.84. The molecule has 1 heterocycles. The van der Waals surface area contributed by atoms with Crippen LogP contribution >= 0.6 is 0 Å². The van der Waals surface area contributed by atoms with Crippen LogP contribution in [0.15, 0.2) is 0 Å². The average Bonchev–Trinajstić information content (AvgIpc) is 2.84. The molecule has 1 aliphatic heterocycles. The molecule has 142 valence electrons. The smallest absolute Gasteiger partial charge is 0.311 e. The van der Waals surface area contributed by atoms with Crippen LogP contribution in [-0.4, -0.2) is 42.6 Å². The molecule has 1 saturated heterocycles. The first-order valence-corrected chi connectivity index (χ1v) is 8.40. The molecule has 0 amide bonds. The van der Waals surface area contributed by atoms with Crippen LogP contribution in [-0.2, 0) is 28.6 Å². The van der Waals surface area contributed by atoms with E-state index in [0.717, 1.165) is 0 Å². The summed E-state index contributed by atoms with van der Waals surface area (Å²) in [6.45, 7) is 4.89. The third-order valence-corrected chi connectivity index (χ3v) is 4.91. The van der Waals surface area contributed by atoms with Crippen LogP contribution in [0.2, 0.25) is 0 Å².